The van der Waals surface area contributed by atoms with E-state index < -0.39 is 0 Å². The fraction of sp³-hybridized carbons (Fsp3) is 0.333. The van der Waals surface area contributed by atoms with Gasteiger partial charge in [0.2, 0.25) is 0 Å². The van der Waals surface area contributed by atoms with Gasteiger partial charge in [-0.1, -0.05) is 13.0 Å². The quantitative estimate of drug-likeness (QED) is 0.809. The normalized spacial score (nSPS) is 10.1. The first-order valence-corrected chi connectivity index (χ1v) is 7.03. The van der Waals surface area contributed by atoms with Crippen LogP contribution in [0.3, 0.4) is 0 Å². The van der Waals surface area contributed by atoms with Crippen molar-refractivity contribution in [3.8, 4) is 0 Å². The Morgan fingerprint density at radius 3 is 2.71 bits per heavy atom. The minimum Gasteiger partial charge on any atom is -0.369 e. The Morgan fingerprint density at radius 1 is 1.14 bits per heavy atom. The molecule has 0 atom stereocenters. The molecule has 0 saturated carbocycles. The molecular weight excluding hydrogens is 266 g/mol. The second-order valence-electron chi connectivity index (χ2n) is 4.54. The van der Waals surface area contributed by atoms with Gasteiger partial charge in [0.1, 0.15) is 11.5 Å². The number of pyridine rings is 1. The first-order chi connectivity index (χ1) is 10.3. The number of nitrogens with one attached hydrogen (secondary N) is 2. The molecule has 0 radical (unpaired) electrons. The molecule has 0 aliphatic heterocycles. The van der Waals surface area contributed by atoms with Crippen molar-refractivity contribution in [1.82, 2.24) is 20.3 Å². The summed E-state index contributed by atoms with van der Waals surface area (Å²) in [7, 11) is 0. The summed E-state index contributed by atoms with van der Waals surface area (Å²) in [5.41, 5.74) is 1.26. The van der Waals surface area contributed by atoms with Crippen LogP contribution in [0, 0.1) is 0 Å². The number of carbonyl (C=O) groups is 1. The lowest BCUT2D eigenvalue weighted by molar-refractivity contribution is 0.0948. The molecule has 110 valence electrons. The van der Waals surface area contributed by atoms with Crippen molar-refractivity contribution < 1.29 is 4.79 Å². The summed E-state index contributed by atoms with van der Waals surface area (Å²) in [5.74, 6) is 0.461. The predicted octanol–water partition coefficient (Wildman–Crippen LogP) is 1.67. The van der Waals surface area contributed by atoms with E-state index in [4.69, 9.17) is 0 Å². The van der Waals surface area contributed by atoms with Crippen LogP contribution in [-0.4, -0.2) is 33.9 Å². The van der Waals surface area contributed by atoms with Crippen molar-refractivity contribution in [3.63, 3.8) is 0 Å². The van der Waals surface area contributed by atoms with Crippen molar-refractivity contribution in [2.45, 2.75) is 19.8 Å². The lowest BCUT2D eigenvalue weighted by Crippen LogP contribution is -2.26. The first kappa shape index (κ1) is 14.9. The number of carbonyl (C=O) groups excluding carboxylic acids is 1. The number of hydrogen-bond acceptors (Lipinski definition) is 5. The average Bonchev–Trinajstić information content (AvgIpc) is 2.54. The van der Waals surface area contributed by atoms with Crippen LogP contribution < -0.4 is 10.6 Å². The van der Waals surface area contributed by atoms with Crippen molar-refractivity contribution >= 4 is 11.7 Å². The molecule has 6 heteroatoms. The average molecular weight is 285 g/mol. The number of anilines is 1. The molecule has 21 heavy (non-hydrogen) atoms. The van der Waals surface area contributed by atoms with E-state index in [1.54, 1.807) is 12.4 Å². The lowest BCUT2D eigenvalue weighted by atomic mass is 10.2. The van der Waals surface area contributed by atoms with Gasteiger partial charge < -0.3 is 10.6 Å². The molecule has 0 spiro atoms. The molecule has 0 aliphatic carbocycles. The summed E-state index contributed by atoms with van der Waals surface area (Å²) in [6.07, 6.45) is 6.50. The van der Waals surface area contributed by atoms with Gasteiger partial charge in [0.05, 0.1) is 12.4 Å². The summed E-state index contributed by atoms with van der Waals surface area (Å²) in [5, 5.41) is 5.92. The fourth-order valence-electron chi connectivity index (χ4n) is 1.73. The Kier molecular flexibility index (Phi) is 5.63. The van der Waals surface area contributed by atoms with E-state index in [1.807, 2.05) is 18.2 Å². The molecular formula is C15H19N5O. The highest BCUT2D eigenvalue weighted by atomic mass is 16.1. The highest BCUT2D eigenvalue weighted by molar-refractivity contribution is 5.91. The van der Waals surface area contributed by atoms with E-state index >= 15 is 0 Å². The van der Waals surface area contributed by atoms with Crippen molar-refractivity contribution in [3.05, 3.63) is 48.2 Å². The van der Waals surface area contributed by atoms with Gasteiger partial charge in [-0.2, -0.15) is 0 Å². The smallest absolute Gasteiger partial charge is 0.271 e. The molecule has 1 amide bonds. The fourth-order valence-corrected chi connectivity index (χ4v) is 1.73. The van der Waals surface area contributed by atoms with E-state index in [1.165, 1.54) is 6.20 Å². The van der Waals surface area contributed by atoms with Crippen molar-refractivity contribution in [2.75, 3.05) is 18.4 Å². The number of hydrogen-bond donors (Lipinski definition) is 2. The van der Waals surface area contributed by atoms with Gasteiger partial charge in [-0.25, -0.2) is 9.97 Å². The maximum absolute atomic E-state index is 11.9. The lowest BCUT2D eigenvalue weighted by Gasteiger charge is -2.06. The van der Waals surface area contributed by atoms with Gasteiger partial charge in [-0.05, 0) is 18.6 Å². The molecule has 6 nitrogen and oxygen atoms in total. The van der Waals surface area contributed by atoms with Gasteiger partial charge >= 0.3 is 0 Å². The first-order valence-electron chi connectivity index (χ1n) is 7.03. The SMILES string of the molecule is CCCNc1cnc(C(=O)NCCc2ccccn2)cn1. The second-order valence-corrected chi connectivity index (χ2v) is 4.54. The topological polar surface area (TPSA) is 79.8 Å². The van der Waals surface area contributed by atoms with Crippen LogP contribution >= 0.6 is 0 Å². The third-order valence-corrected chi connectivity index (χ3v) is 2.83. The Labute approximate surface area is 124 Å². The zero-order valence-corrected chi connectivity index (χ0v) is 12.0. The maximum atomic E-state index is 11.9. The third-order valence-electron chi connectivity index (χ3n) is 2.83. The standard InChI is InChI=1S/C15H19N5O/c1-2-7-17-14-11-19-13(10-20-14)15(21)18-9-6-12-5-3-4-8-16-12/h3-5,8,10-11H,2,6-7,9H2,1H3,(H,17,20)(H,18,21). The van der Waals surface area contributed by atoms with Crippen molar-refractivity contribution in [1.29, 1.82) is 0 Å². The number of nitrogens with zero attached hydrogens (tertiary/aromatic N) is 3. The second kappa shape index (κ2) is 7.94. The van der Waals surface area contributed by atoms with E-state index in [9.17, 15) is 4.79 Å². The monoisotopic (exact) mass is 285 g/mol. The van der Waals surface area contributed by atoms with Crippen molar-refractivity contribution in [2.24, 2.45) is 0 Å². The Morgan fingerprint density at radius 2 is 2.05 bits per heavy atom. The molecule has 2 aromatic rings. The molecule has 2 rings (SSSR count). The van der Waals surface area contributed by atoms with E-state index in [2.05, 4.69) is 32.5 Å². The number of amides is 1. The number of aromatic nitrogens is 3. The molecule has 0 saturated heterocycles. The zero-order valence-electron chi connectivity index (χ0n) is 12.0. The zero-order chi connectivity index (χ0) is 14.9. The van der Waals surface area contributed by atoms with Gasteiger partial charge in [0.25, 0.3) is 5.91 Å². The van der Waals surface area contributed by atoms with Gasteiger partial charge in [0, 0.05) is 31.4 Å². The molecule has 0 aromatic carbocycles. The summed E-state index contributed by atoms with van der Waals surface area (Å²) in [6.45, 7) is 3.43. The highest BCUT2D eigenvalue weighted by Gasteiger charge is 2.07. The highest BCUT2D eigenvalue weighted by Crippen LogP contribution is 2.01. The number of rotatable bonds is 7. The van der Waals surface area contributed by atoms with Crippen LogP contribution in [0.5, 0.6) is 0 Å². The Bertz CT molecular complexity index is 556. The molecule has 2 N–H and O–H groups in total. The van der Waals surface area contributed by atoms with Crippen LogP contribution in [0.15, 0.2) is 36.8 Å². The summed E-state index contributed by atoms with van der Waals surface area (Å²) >= 11 is 0. The Balaban J connectivity index is 1.80. The minimum atomic E-state index is -0.222. The summed E-state index contributed by atoms with van der Waals surface area (Å²) in [6, 6.07) is 5.73. The van der Waals surface area contributed by atoms with Crippen LogP contribution in [0.1, 0.15) is 29.5 Å². The largest absolute Gasteiger partial charge is 0.369 e. The molecule has 0 unspecified atom stereocenters. The summed E-state index contributed by atoms with van der Waals surface area (Å²) < 4.78 is 0. The van der Waals surface area contributed by atoms with Gasteiger partial charge in [-0.3, -0.25) is 9.78 Å². The minimum absolute atomic E-state index is 0.222. The van der Waals surface area contributed by atoms with Crippen LogP contribution in [0.4, 0.5) is 5.82 Å². The molecule has 2 aromatic heterocycles. The maximum Gasteiger partial charge on any atom is 0.271 e. The molecule has 0 bridgehead atoms. The molecule has 2 heterocycles. The van der Waals surface area contributed by atoms with Crippen LogP contribution in [0.25, 0.3) is 0 Å². The Hall–Kier alpha value is -2.50. The predicted molar refractivity (Wildman–Crippen MR) is 81.1 cm³/mol. The van der Waals surface area contributed by atoms with E-state index in [-0.39, 0.29) is 5.91 Å². The van der Waals surface area contributed by atoms with E-state index in [0.29, 0.717) is 24.5 Å². The van der Waals surface area contributed by atoms with Crippen LogP contribution in [0.2, 0.25) is 0 Å². The third kappa shape index (κ3) is 4.83. The molecule has 0 aliphatic rings. The van der Waals surface area contributed by atoms with Gasteiger partial charge in [0.15, 0.2) is 0 Å². The van der Waals surface area contributed by atoms with Crippen LogP contribution in [-0.2, 0) is 6.42 Å². The van der Waals surface area contributed by atoms with Gasteiger partial charge in [-0.15, -0.1) is 0 Å². The summed E-state index contributed by atoms with van der Waals surface area (Å²) in [4.78, 5) is 24.4. The van der Waals surface area contributed by atoms with E-state index in [0.717, 1.165) is 18.7 Å². The molecule has 0 fully saturated rings.